The third kappa shape index (κ3) is 6.33. The minimum atomic E-state index is -4.23. The number of methoxy groups -OCH3 is 2. The first-order valence-electron chi connectivity index (χ1n) is 11.2. The van der Waals surface area contributed by atoms with Gasteiger partial charge in [0.1, 0.15) is 6.54 Å². The van der Waals surface area contributed by atoms with Crippen LogP contribution < -0.4 is 19.1 Å². The molecule has 3 aromatic carbocycles. The molecule has 0 fully saturated rings. The largest absolute Gasteiger partial charge is 0.493 e. The third-order valence-corrected chi connectivity index (χ3v) is 7.47. The minimum Gasteiger partial charge on any atom is -0.493 e. The van der Waals surface area contributed by atoms with Crippen molar-refractivity contribution in [2.24, 2.45) is 0 Å². The van der Waals surface area contributed by atoms with Crippen LogP contribution >= 0.6 is 11.6 Å². The summed E-state index contributed by atoms with van der Waals surface area (Å²) < 4.78 is 43.9. The van der Waals surface area contributed by atoms with Crippen LogP contribution in [0.15, 0.2) is 65.6 Å². The number of anilines is 2. The van der Waals surface area contributed by atoms with Gasteiger partial charge in [-0.05, 0) is 67.9 Å². The number of carbonyl (C=O) groups is 2. The highest BCUT2D eigenvalue weighted by molar-refractivity contribution is 7.92. The molecule has 1 N–H and O–H groups in total. The Labute approximate surface area is 221 Å². The van der Waals surface area contributed by atoms with Crippen molar-refractivity contribution >= 4 is 44.9 Å². The molecule has 0 heterocycles. The first-order valence-corrected chi connectivity index (χ1v) is 13.0. The summed E-state index contributed by atoms with van der Waals surface area (Å²) in [5.74, 6) is -0.567. The van der Waals surface area contributed by atoms with Gasteiger partial charge in [-0.15, -0.1) is 0 Å². The van der Waals surface area contributed by atoms with Crippen LogP contribution in [0, 0.1) is 6.92 Å². The summed E-state index contributed by atoms with van der Waals surface area (Å²) in [7, 11) is -1.40. The molecule has 3 rings (SSSR count). The quantitative estimate of drug-likeness (QED) is 0.368. The van der Waals surface area contributed by atoms with Gasteiger partial charge in [0, 0.05) is 16.8 Å². The lowest BCUT2D eigenvalue weighted by Gasteiger charge is -2.25. The summed E-state index contributed by atoms with van der Waals surface area (Å²) in [6.45, 7) is 3.02. The number of benzene rings is 3. The van der Waals surface area contributed by atoms with Gasteiger partial charge in [-0.3, -0.25) is 9.10 Å². The number of sulfonamides is 1. The second-order valence-corrected chi connectivity index (χ2v) is 10.1. The van der Waals surface area contributed by atoms with E-state index in [1.165, 1.54) is 56.7 Å². The van der Waals surface area contributed by atoms with Crippen molar-refractivity contribution < 1.29 is 32.2 Å². The van der Waals surface area contributed by atoms with Crippen molar-refractivity contribution in [2.75, 3.05) is 37.0 Å². The Balaban J connectivity index is 1.97. The van der Waals surface area contributed by atoms with Gasteiger partial charge in [-0.1, -0.05) is 17.7 Å². The SMILES string of the molecule is CCOC(=O)c1cccc(NC(=O)CN(c2ccc(Cl)cc2)S(=O)(=O)c2ccc(OC)c(OC)c2)c1C. The van der Waals surface area contributed by atoms with E-state index >= 15 is 0 Å². The molecule has 196 valence electrons. The Hall–Kier alpha value is -3.76. The molecule has 0 aliphatic heterocycles. The molecule has 0 saturated heterocycles. The van der Waals surface area contributed by atoms with Crippen molar-refractivity contribution in [3.8, 4) is 11.5 Å². The maximum atomic E-state index is 13.7. The molecule has 37 heavy (non-hydrogen) atoms. The van der Waals surface area contributed by atoms with Crippen LogP contribution in [0.25, 0.3) is 0 Å². The second-order valence-electron chi connectivity index (χ2n) is 7.75. The minimum absolute atomic E-state index is 0.103. The van der Waals surface area contributed by atoms with E-state index in [0.717, 1.165) is 4.31 Å². The summed E-state index contributed by atoms with van der Waals surface area (Å²) >= 11 is 6.00. The molecule has 0 atom stereocenters. The molecule has 0 spiro atoms. The zero-order valence-corrected chi connectivity index (χ0v) is 22.4. The Morgan fingerprint density at radius 2 is 1.65 bits per heavy atom. The Bertz CT molecular complexity index is 1390. The van der Waals surface area contributed by atoms with Crippen LogP contribution in [-0.4, -0.2) is 47.7 Å². The lowest BCUT2D eigenvalue weighted by atomic mass is 10.1. The summed E-state index contributed by atoms with van der Waals surface area (Å²) in [5.41, 5.74) is 1.38. The van der Waals surface area contributed by atoms with Crippen molar-refractivity contribution in [3.05, 3.63) is 76.8 Å². The second kappa shape index (κ2) is 12.0. The number of esters is 1. The van der Waals surface area contributed by atoms with Gasteiger partial charge < -0.3 is 19.5 Å². The molecule has 0 bridgehead atoms. The van der Waals surface area contributed by atoms with Crippen LogP contribution in [0.3, 0.4) is 0 Å². The van der Waals surface area contributed by atoms with Crippen LogP contribution in [0.2, 0.25) is 5.02 Å². The van der Waals surface area contributed by atoms with Crippen LogP contribution in [-0.2, 0) is 19.6 Å². The molecule has 11 heteroatoms. The predicted molar refractivity (Wildman–Crippen MR) is 141 cm³/mol. The fourth-order valence-electron chi connectivity index (χ4n) is 3.55. The van der Waals surface area contributed by atoms with Gasteiger partial charge in [-0.2, -0.15) is 0 Å². The highest BCUT2D eigenvalue weighted by atomic mass is 35.5. The number of halogens is 1. The highest BCUT2D eigenvalue weighted by Gasteiger charge is 2.29. The van der Waals surface area contributed by atoms with E-state index in [2.05, 4.69) is 5.32 Å². The van der Waals surface area contributed by atoms with E-state index in [-0.39, 0.29) is 22.9 Å². The summed E-state index contributed by atoms with van der Waals surface area (Å²) in [6, 6.07) is 15.0. The van der Waals surface area contributed by atoms with Crippen LogP contribution in [0.5, 0.6) is 11.5 Å². The predicted octanol–water partition coefficient (Wildman–Crippen LogP) is 4.68. The number of nitrogens with zero attached hydrogens (tertiary/aromatic N) is 1. The maximum absolute atomic E-state index is 13.7. The molecule has 3 aromatic rings. The lowest BCUT2D eigenvalue weighted by Crippen LogP contribution is -2.38. The molecule has 0 unspecified atom stereocenters. The topological polar surface area (TPSA) is 111 Å². The number of rotatable bonds is 10. The molecule has 0 aromatic heterocycles. The number of hydrogen-bond donors (Lipinski definition) is 1. The molecule has 0 aliphatic carbocycles. The molecule has 0 radical (unpaired) electrons. The van der Waals surface area contributed by atoms with Gasteiger partial charge in [-0.25, -0.2) is 13.2 Å². The first-order chi connectivity index (χ1) is 17.6. The summed E-state index contributed by atoms with van der Waals surface area (Å²) in [5, 5.41) is 3.11. The van der Waals surface area contributed by atoms with E-state index in [4.69, 9.17) is 25.8 Å². The Kier molecular flexibility index (Phi) is 9.01. The van der Waals surface area contributed by atoms with Gasteiger partial charge in [0.2, 0.25) is 5.91 Å². The number of hydrogen-bond acceptors (Lipinski definition) is 7. The van der Waals surface area contributed by atoms with Gasteiger partial charge >= 0.3 is 5.97 Å². The standard InChI is InChI=1S/C26H27ClN2O7S/c1-5-36-26(31)21-7-6-8-22(17(21)2)28-25(30)16-29(19-11-9-18(27)10-12-19)37(32,33)20-13-14-23(34-3)24(15-20)35-4/h6-15H,5,16H2,1-4H3,(H,28,30). The fourth-order valence-corrected chi connectivity index (χ4v) is 5.11. The third-order valence-electron chi connectivity index (χ3n) is 5.45. The van der Waals surface area contributed by atoms with Crippen molar-refractivity contribution in [3.63, 3.8) is 0 Å². The first kappa shape index (κ1) is 27.8. The van der Waals surface area contributed by atoms with Crippen molar-refractivity contribution in [1.29, 1.82) is 0 Å². The van der Waals surface area contributed by atoms with Crippen LogP contribution in [0.1, 0.15) is 22.8 Å². The van der Waals surface area contributed by atoms with Gasteiger partial charge in [0.05, 0.1) is 37.0 Å². The lowest BCUT2D eigenvalue weighted by molar-refractivity contribution is -0.114. The van der Waals surface area contributed by atoms with E-state index in [1.807, 2.05) is 0 Å². The molecule has 9 nitrogen and oxygen atoms in total. The molecule has 0 saturated carbocycles. The fraction of sp³-hybridized carbons (Fsp3) is 0.231. The Morgan fingerprint density at radius 3 is 2.27 bits per heavy atom. The van der Waals surface area contributed by atoms with Crippen molar-refractivity contribution in [2.45, 2.75) is 18.7 Å². The number of nitrogens with one attached hydrogen (secondary N) is 1. The van der Waals surface area contributed by atoms with Gasteiger partial charge in [0.15, 0.2) is 11.5 Å². The zero-order valence-electron chi connectivity index (χ0n) is 20.8. The average molecular weight is 547 g/mol. The van der Waals surface area contributed by atoms with Gasteiger partial charge in [0.25, 0.3) is 10.0 Å². The zero-order chi connectivity index (χ0) is 27.2. The number of ether oxygens (including phenoxy) is 3. The molecule has 1 amide bonds. The smallest absolute Gasteiger partial charge is 0.338 e. The summed E-state index contributed by atoms with van der Waals surface area (Å²) in [4.78, 5) is 25.2. The van der Waals surface area contributed by atoms with E-state index in [9.17, 15) is 18.0 Å². The number of amides is 1. The van der Waals surface area contributed by atoms with Crippen LogP contribution in [0.4, 0.5) is 11.4 Å². The molecular formula is C26H27ClN2O7S. The monoisotopic (exact) mass is 546 g/mol. The maximum Gasteiger partial charge on any atom is 0.338 e. The molecule has 0 aliphatic rings. The molecular weight excluding hydrogens is 520 g/mol. The van der Waals surface area contributed by atoms with Crippen molar-refractivity contribution in [1.82, 2.24) is 0 Å². The van der Waals surface area contributed by atoms with E-state index < -0.39 is 28.4 Å². The highest BCUT2D eigenvalue weighted by Crippen LogP contribution is 2.32. The normalized spacial score (nSPS) is 10.9. The van der Waals surface area contributed by atoms with E-state index in [0.29, 0.717) is 27.6 Å². The summed E-state index contributed by atoms with van der Waals surface area (Å²) in [6.07, 6.45) is 0. The Morgan fingerprint density at radius 1 is 0.973 bits per heavy atom. The van der Waals surface area contributed by atoms with E-state index in [1.54, 1.807) is 32.0 Å². The average Bonchev–Trinajstić information content (AvgIpc) is 2.88. The number of carbonyl (C=O) groups excluding carboxylic acids is 2.